The van der Waals surface area contributed by atoms with Crippen LogP contribution in [0.1, 0.15) is 88.4 Å². The third-order valence-corrected chi connectivity index (χ3v) is 8.60. The lowest BCUT2D eigenvalue weighted by molar-refractivity contribution is 0.0686. The molecule has 0 aliphatic carbocycles. The number of ketones is 1. The highest BCUT2D eigenvalue weighted by molar-refractivity contribution is 6.37. The number of allylic oxidation sites excluding steroid dienone is 1. The zero-order valence-electron chi connectivity index (χ0n) is 27.1. The summed E-state index contributed by atoms with van der Waals surface area (Å²) in [6.07, 6.45) is 3.03. The molecule has 0 bridgehead atoms. The molecule has 0 fully saturated rings. The Morgan fingerprint density at radius 1 is 0.509 bits per heavy atom. The number of benzene rings is 5. The Kier molecular flexibility index (Phi) is 8.36. The number of hydrogen-bond acceptors (Lipinski definition) is 8. The quantitative estimate of drug-likeness (QED) is 0.0953. The SMILES string of the molecule is O=C(O)c1ccc2c(c1)C(=O)N(c1cc(C(=O)Nc3ccc(/C=C/C(=O)c4ccccc4)cc3)cc(N3C(=O)c4ccc(C(=O)O)cc4C3=O)c1)C2=O. The van der Waals surface area contributed by atoms with Crippen LogP contribution in [0.4, 0.5) is 17.1 Å². The van der Waals surface area contributed by atoms with Gasteiger partial charge in [-0.2, -0.15) is 0 Å². The zero-order chi connectivity index (χ0) is 37.6. The van der Waals surface area contributed by atoms with Gasteiger partial charge in [-0.15, -0.1) is 0 Å². The summed E-state index contributed by atoms with van der Waals surface area (Å²) in [4.78, 5) is 105. The molecule has 0 atom stereocenters. The summed E-state index contributed by atoms with van der Waals surface area (Å²) in [5.41, 5.74) is -0.177. The van der Waals surface area contributed by atoms with Crippen molar-refractivity contribution in [3.63, 3.8) is 0 Å². The minimum absolute atomic E-state index is 0.0991. The fraction of sp³-hybridized carbons (Fsp3) is 0. The Balaban J connectivity index is 1.23. The molecule has 13 heteroatoms. The lowest BCUT2D eigenvalue weighted by Crippen LogP contribution is -2.32. The number of nitrogens with one attached hydrogen (secondary N) is 1. The van der Waals surface area contributed by atoms with Crippen LogP contribution >= 0.6 is 0 Å². The van der Waals surface area contributed by atoms with E-state index in [2.05, 4.69) is 5.32 Å². The molecular formula is C40H23N3O10. The highest BCUT2D eigenvalue weighted by Crippen LogP contribution is 2.36. The number of carbonyl (C=O) groups is 8. The second-order valence-electron chi connectivity index (χ2n) is 11.9. The van der Waals surface area contributed by atoms with Crippen molar-refractivity contribution in [2.75, 3.05) is 15.1 Å². The molecule has 0 radical (unpaired) electrons. The van der Waals surface area contributed by atoms with Gasteiger partial charge in [-0.05, 0) is 78.4 Å². The molecule has 7 rings (SSSR count). The van der Waals surface area contributed by atoms with Crippen molar-refractivity contribution in [1.82, 2.24) is 0 Å². The Labute approximate surface area is 299 Å². The van der Waals surface area contributed by atoms with Crippen LogP contribution in [0.25, 0.3) is 6.08 Å². The molecule has 258 valence electrons. The van der Waals surface area contributed by atoms with Crippen molar-refractivity contribution in [2.24, 2.45) is 0 Å². The van der Waals surface area contributed by atoms with Gasteiger partial charge >= 0.3 is 11.9 Å². The van der Waals surface area contributed by atoms with Crippen LogP contribution in [-0.2, 0) is 0 Å². The summed E-state index contributed by atoms with van der Waals surface area (Å²) in [5, 5.41) is 21.6. The molecule has 3 N–H and O–H groups in total. The summed E-state index contributed by atoms with van der Waals surface area (Å²) < 4.78 is 0. The van der Waals surface area contributed by atoms with E-state index in [1.165, 1.54) is 36.4 Å². The number of nitrogens with zero attached hydrogens (tertiary/aromatic N) is 2. The van der Waals surface area contributed by atoms with Crippen LogP contribution in [0.5, 0.6) is 0 Å². The number of carbonyl (C=O) groups excluding carboxylic acids is 6. The first-order valence-electron chi connectivity index (χ1n) is 15.8. The van der Waals surface area contributed by atoms with Gasteiger partial charge in [0.15, 0.2) is 5.78 Å². The number of imide groups is 2. The van der Waals surface area contributed by atoms with E-state index < -0.39 is 41.5 Å². The topological polar surface area (TPSA) is 196 Å². The standard InChI is InChI=1S/C40H23N3O10/c44-33(22-4-2-1-3-5-22)15-8-21-6-11-26(12-7-21)41-34(45)25-16-27(42-35(46)29-13-9-23(39(50)51)18-31(29)37(42)48)20-28(17-25)43-36(47)30-14-10-24(40(52)53)19-32(30)38(43)49/h1-20H,(H,41,45)(H,50,51)(H,52,53)/b15-8+. The van der Waals surface area contributed by atoms with Crippen LogP contribution < -0.4 is 15.1 Å². The Morgan fingerprint density at radius 2 is 1.00 bits per heavy atom. The molecule has 13 nitrogen and oxygen atoms in total. The minimum atomic E-state index is -1.33. The first kappa shape index (κ1) is 33.7. The van der Waals surface area contributed by atoms with E-state index >= 15 is 0 Å². The summed E-state index contributed by atoms with van der Waals surface area (Å²) in [6.45, 7) is 0. The van der Waals surface area contributed by atoms with Gasteiger partial charge in [0.05, 0.1) is 44.8 Å². The van der Waals surface area contributed by atoms with Crippen molar-refractivity contribution in [3.8, 4) is 0 Å². The summed E-state index contributed by atoms with van der Waals surface area (Å²) >= 11 is 0. The molecule has 53 heavy (non-hydrogen) atoms. The fourth-order valence-electron chi connectivity index (χ4n) is 5.95. The maximum atomic E-state index is 13.7. The van der Waals surface area contributed by atoms with Crippen molar-refractivity contribution in [1.29, 1.82) is 0 Å². The molecule has 0 saturated heterocycles. The van der Waals surface area contributed by atoms with Gasteiger partial charge in [0.1, 0.15) is 0 Å². The minimum Gasteiger partial charge on any atom is -0.478 e. The van der Waals surface area contributed by atoms with Crippen molar-refractivity contribution < 1.29 is 48.6 Å². The number of aromatic carboxylic acids is 2. The summed E-state index contributed by atoms with van der Waals surface area (Å²) in [6, 6.07) is 25.5. The molecule has 5 aromatic carbocycles. The van der Waals surface area contributed by atoms with E-state index in [0.717, 1.165) is 24.3 Å². The normalized spacial score (nSPS) is 13.4. The number of carboxylic acid groups (broad SMARTS) is 2. The maximum Gasteiger partial charge on any atom is 0.335 e. The average molecular weight is 706 g/mol. The van der Waals surface area contributed by atoms with Crippen molar-refractivity contribution >= 4 is 70.4 Å². The highest BCUT2D eigenvalue weighted by atomic mass is 16.4. The molecule has 2 aliphatic rings. The van der Waals surface area contributed by atoms with Crippen LogP contribution in [0.15, 0.2) is 115 Å². The first-order valence-corrected chi connectivity index (χ1v) is 15.8. The van der Waals surface area contributed by atoms with E-state index in [4.69, 9.17) is 0 Å². The summed E-state index contributed by atoms with van der Waals surface area (Å²) in [5.74, 6) is -7.09. The van der Waals surface area contributed by atoms with Crippen LogP contribution in [0, 0.1) is 0 Å². The van der Waals surface area contributed by atoms with Gasteiger partial charge in [0, 0.05) is 16.8 Å². The highest BCUT2D eigenvalue weighted by Gasteiger charge is 2.41. The number of hydrogen-bond donors (Lipinski definition) is 3. The lowest BCUT2D eigenvalue weighted by atomic mass is 10.1. The lowest BCUT2D eigenvalue weighted by Gasteiger charge is -2.20. The van der Waals surface area contributed by atoms with Crippen LogP contribution in [-0.4, -0.2) is 57.5 Å². The third kappa shape index (κ3) is 6.14. The first-order chi connectivity index (χ1) is 25.4. The Morgan fingerprint density at radius 3 is 1.49 bits per heavy atom. The molecule has 0 saturated carbocycles. The average Bonchev–Trinajstić information content (AvgIpc) is 3.57. The van der Waals surface area contributed by atoms with E-state index in [0.29, 0.717) is 26.6 Å². The number of anilines is 3. The van der Waals surface area contributed by atoms with Gasteiger partial charge in [0.2, 0.25) is 0 Å². The Hall–Kier alpha value is -7.80. The van der Waals surface area contributed by atoms with Gasteiger partial charge in [0.25, 0.3) is 29.5 Å². The second kappa shape index (κ2) is 13.2. The predicted molar refractivity (Wildman–Crippen MR) is 190 cm³/mol. The molecule has 2 aliphatic heterocycles. The van der Waals surface area contributed by atoms with Gasteiger partial charge in [-0.3, -0.25) is 28.8 Å². The van der Waals surface area contributed by atoms with E-state index in [-0.39, 0.29) is 56.1 Å². The zero-order valence-corrected chi connectivity index (χ0v) is 27.1. The van der Waals surface area contributed by atoms with Crippen molar-refractivity contribution in [2.45, 2.75) is 0 Å². The molecule has 0 unspecified atom stereocenters. The molecule has 5 aromatic rings. The smallest absolute Gasteiger partial charge is 0.335 e. The number of fused-ring (bicyclic) bond motifs is 2. The van der Waals surface area contributed by atoms with Crippen molar-refractivity contribution in [3.05, 3.63) is 165 Å². The monoisotopic (exact) mass is 705 g/mol. The Bertz CT molecular complexity index is 2390. The van der Waals surface area contributed by atoms with E-state index in [9.17, 15) is 48.6 Å². The van der Waals surface area contributed by atoms with E-state index in [1.54, 1.807) is 60.7 Å². The van der Waals surface area contributed by atoms with E-state index in [1.807, 2.05) is 0 Å². The molecular weight excluding hydrogens is 682 g/mol. The molecule has 0 spiro atoms. The number of amides is 5. The number of carboxylic acids is 2. The molecule has 2 heterocycles. The second-order valence-corrected chi connectivity index (χ2v) is 11.9. The third-order valence-electron chi connectivity index (χ3n) is 8.60. The van der Waals surface area contributed by atoms with Crippen LogP contribution in [0.2, 0.25) is 0 Å². The van der Waals surface area contributed by atoms with Gasteiger partial charge < -0.3 is 15.5 Å². The van der Waals surface area contributed by atoms with Gasteiger partial charge in [-0.25, -0.2) is 19.4 Å². The molecule has 0 aromatic heterocycles. The number of rotatable bonds is 9. The summed E-state index contributed by atoms with van der Waals surface area (Å²) in [7, 11) is 0. The maximum absolute atomic E-state index is 13.7. The fourth-order valence-corrected chi connectivity index (χ4v) is 5.95. The predicted octanol–water partition coefficient (Wildman–Crippen LogP) is 5.83. The van der Waals surface area contributed by atoms with Crippen LogP contribution in [0.3, 0.4) is 0 Å². The largest absolute Gasteiger partial charge is 0.478 e. The molecule has 5 amide bonds. The van der Waals surface area contributed by atoms with Gasteiger partial charge in [-0.1, -0.05) is 48.5 Å².